The molecule has 5 heterocycles. The molecule has 9 N–H and O–H groups in total. The summed E-state index contributed by atoms with van der Waals surface area (Å²) in [5.74, 6) is 0.704. The molecule has 0 unspecified atom stereocenters. The minimum absolute atomic E-state index is 0.105. The fourth-order valence-corrected chi connectivity index (χ4v) is 10.1. The second kappa shape index (κ2) is 37.1. The highest BCUT2D eigenvalue weighted by Gasteiger charge is 2.24. The Bertz CT molecular complexity index is 2580. The van der Waals surface area contributed by atoms with Gasteiger partial charge in [0.15, 0.2) is 0 Å². The molecule has 2 aromatic heterocycles. The number of ether oxygens (including phenoxy) is 4. The molecule has 3 aliphatic heterocycles. The SMILES string of the molecule is COc1c(CN2CCN(CCO)CC2)ccc(CO)c1CO.COc1c(CN2CCN(CCO)CC2)ccc(CO)c1CO.COc1c(CN2CCN(CCOC(=O)c3cccnc3)CC2)ccc(CO)c1CO.O=C(O)c1cccnc1. The third-order valence-electron chi connectivity index (χ3n) is 14.8. The van der Waals surface area contributed by atoms with Crippen molar-refractivity contribution in [2.24, 2.45) is 0 Å². The van der Waals surface area contributed by atoms with Crippen molar-refractivity contribution in [2.45, 2.75) is 59.3 Å². The molecule has 0 radical (unpaired) electrons. The molecule has 3 aromatic carbocycles. The molecule has 3 fully saturated rings. The highest BCUT2D eigenvalue weighted by Crippen LogP contribution is 2.32. The van der Waals surface area contributed by atoms with E-state index in [-0.39, 0.29) is 64.4 Å². The van der Waals surface area contributed by atoms with Crippen LogP contribution in [0.2, 0.25) is 0 Å². The summed E-state index contributed by atoms with van der Waals surface area (Å²) in [6, 6.07) is 17.9. The van der Waals surface area contributed by atoms with Gasteiger partial charge in [0.25, 0.3) is 0 Å². The number of pyridine rings is 2. The van der Waals surface area contributed by atoms with Gasteiger partial charge >= 0.3 is 11.9 Å². The quantitative estimate of drug-likeness (QED) is 0.0395. The number of aromatic nitrogens is 2. The first-order chi connectivity index (χ1) is 40.4. The van der Waals surface area contributed by atoms with Crippen LogP contribution in [0.5, 0.6) is 17.2 Å². The van der Waals surface area contributed by atoms with Crippen molar-refractivity contribution in [3.05, 3.63) is 147 Å². The Balaban J connectivity index is 0.000000215. The number of aliphatic hydroxyl groups excluding tert-OH is 8. The van der Waals surface area contributed by atoms with Crippen molar-refractivity contribution in [1.29, 1.82) is 0 Å². The van der Waals surface area contributed by atoms with E-state index >= 15 is 0 Å². The van der Waals surface area contributed by atoms with Crippen LogP contribution in [0.3, 0.4) is 0 Å². The zero-order chi connectivity index (χ0) is 59.9. The van der Waals surface area contributed by atoms with Gasteiger partial charge in [-0.1, -0.05) is 36.4 Å². The van der Waals surface area contributed by atoms with Gasteiger partial charge < -0.3 is 64.9 Å². The lowest BCUT2D eigenvalue weighted by Gasteiger charge is -2.35. The van der Waals surface area contributed by atoms with Crippen LogP contribution in [0.4, 0.5) is 0 Å². The van der Waals surface area contributed by atoms with Gasteiger partial charge in [-0.2, -0.15) is 0 Å². The number of aliphatic hydroxyl groups is 8. The summed E-state index contributed by atoms with van der Waals surface area (Å²) >= 11 is 0. The molecular formula is C60H86N8O15. The lowest BCUT2D eigenvalue weighted by molar-refractivity contribution is 0.0418. The van der Waals surface area contributed by atoms with Crippen molar-refractivity contribution >= 4 is 11.9 Å². The summed E-state index contributed by atoms with van der Waals surface area (Å²) in [7, 11) is 4.78. The summed E-state index contributed by atoms with van der Waals surface area (Å²) in [6.45, 7) is 15.5. The molecule has 23 nitrogen and oxygen atoms in total. The normalized spacial score (nSPS) is 15.4. The van der Waals surface area contributed by atoms with Crippen LogP contribution >= 0.6 is 0 Å². The summed E-state index contributed by atoms with van der Waals surface area (Å²) in [4.78, 5) is 43.5. The Morgan fingerprint density at radius 3 is 1.00 bits per heavy atom. The number of rotatable bonds is 24. The Hall–Kier alpha value is -6.26. The number of hydrogen-bond donors (Lipinski definition) is 9. The van der Waals surface area contributed by atoms with Gasteiger partial charge in [-0.15, -0.1) is 0 Å². The maximum atomic E-state index is 12.0. The number of aromatic carboxylic acids is 1. The Morgan fingerprint density at radius 2 is 0.735 bits per heavy atom. The molecular weight excluding hydrogens is 1070 g/mol. The first kappa shape index (κ1) is 67.5. The predicted molar refractivity (Wildman–Crippen MR) is 310 cm³/mol. The van der Waals surface area contributed by atoms with E-state index in [1.54, 1.807) is 45.7 Å². The topological polar surface area (TPSA) is 298 Å². The lowest BCUT2D eigenvalue weighted by atomic mass is 10.0. The van der Waals surface area contributed by atoms with Gasteiger partial charge in [0.1, 0.15) is 23.9 Å². The van der Waals surface area contributed by atoms with Crippen LogP contribution in [-0.2, 0) is 64.0 Å². The minimum Gasteiger partial charge on any atom is -0.496 e. The molecule has 0 aliphatic carbocycles. The summed E-state index contributed by atoms with van der Waals surface area (Å²) in [5, 5.41) is 83.3. The number of methoxy groups -OCH3 is 3. The van der Waals surface area contributed by atoms with E-state index in [1.165, 1.54) is 24.7 Å². The number of benzene rings is 3. The van der Waals surface area contributed by atoms with Crippen LogP contribution in [0, 0.1) is 0 Å². The molecule has 5 aromatic rings. The monoisotopic (exact) mass is 1160 g/mol. The van der Waals surface area contributed by atoms with Gasteiger partial charge in [0.2, 0.25) is 0 Å². The third kappa shape index (κ3) is 20.8. The highest BCUT2D eigenvalue weighted by atomic mass is 16.5. The average Bonchev–Trinajstić information content (AvgIpc) is 3.71. The molecule has 83 heavy (non-hydrogen) atoms. The maximum Gasteiger partial charge on any atom is 0.339 e. The number of β-amino-alcohol motifs (C(OH)–C–C–N with tert-alkyl or cyclic N) is 2. The third-order valence-corrected chi connectivity index (χ3v) is 14.8. The number of carboxylic acids is 1. The molecule has 3 saturated heterocycles. The molecule has 0 atom stereocenters. The first-order valence-corrected chi connectivity index (χ1v) is 27.9. The molecule has 0 amide bonds. The van der Waals surface area contributed by atoms with Crippen LogP contribution in [-0.4, -0.2) is 237 Å². The van der Waals surface area contributed by atoms with Crippen molar-refractivity contribution < 1.29 is 74.5 Å². The molecule has 456 valence electrons. The number of hydrogen-bond acceptors (Lipinski definition) is 22. The van der Waals surface area contributed by atoms with E-state index in [0.29, 0.717) is 75.9 Å². The molecule has 3 aliphatic rings. The van der Waals surface area contributed by atoms with Crippen molar-refractivity contribution in [1.82, 2.24) is 39.4 Å². The van der Waals surface area contributed by atoms with E-state index < -0.39 is 5.97 Å². The van der Waals surface area contributed by atoms with Crippen molar-refractivity contribution in [3.8, 4) is 17.2 Å². The van der Waals surface area contributed by atoms with Crippen LogP contribution < -0.4 is 14.2 Å². The summed E-state index contributed by atoms with van der Waals surface area (Å²) < 4.78 is 21.8. The number of carbonyl (C=O) groups is 2. The average molecular weight is 1160 g/mol. The van der Waals surface area contributed by atoms with Crippen LogP contribution in [0.25, 0.3) is 0 Å². The molecule has 23 heteroatoms. The van der Waals surface area contributed by atoms with E-state index in [4.69, 9.17) is 34.3 Å². The maximum absolute atomic E-state index is 12.0. The minimum atomic E-state index is -0.942. The van der Waals surface area contributed by atoms with Gasteiger partial charge in [-0.3, -0.25) is 39.4 Å². The Labute approximate surface area is 486 Å². The fraction of sp³-hybridized carbons (Fsp3) is 0.500. The number of piperazine rings is 3. The number of nitrogens with zero attached hydrogens (tertiary/aromatic N) is 8. The molecule has 0 spiro atoms. The van der Waals surface area contributed by atoms with E-state index in [2.05, 4.69) is 39.4 Å². The van der Waals surface area contributed by atoms with Gasteiger partial charge in [-0.25, -0.2) is 9.59 Å². The van der Waals surface area contributed by atoms with E-state index in [0.717, 1.165) is 121 Å². The van der Waals surface area contributed by atoms with Gasteiger partial charge in [-0.05, 0) is 41.0 Å². The van der Waals surface area contributed by atoms with Crippen molar-refractivity contribution in [2.75, 3.05) is 139 Å². The summed E-state index contributed by atoms with van der Waals surface area (Å²) in [5.41, 5.74) is 7.81. The second-order valence-corrected chi connectivity index (χ2v) is 19.9. The fourth-order valence-electron chi connectivity index (χ4n) is 10.1. The number of carbonyl (C=O) groups excluding carboxylic acids is 1. The first-order valence-electron chi connectivity index (χ1n) is 27.9. The predicted octanol–water partition coefficient (Wildman–Crippen LogP) is 1.41. The number of esters is 1. The standard InChI is InChI=1S/C22H29N3O5.2C16H26N2O4.C6H5NO2/c1-29-21-18(4-5-19(15-26)20(21)16-27)14-25-9-7-24(8-10-25)11-12-30-22(28)17-3-2-6-23-13-17;2*1-22-16-13(2-3-14(11-20)15(16)12-21)10-18-6-4-17(5-7-18)8-9-19;8-6(9)5-2-1-3-7-4-5/h2-6,13,26-27H,7-12,14-16H2,1H3;2*2-3,19-21H,4-12H2,1H3;1-4H,(H,8,9). The van der Waals surface area contributed by atoms with Gasteiger partial charge in [0, 0.05) is 176 Å². The molecule has 0 bridgehead atoms. The zero-order valence-electron chi connectivity index (χ0n) is 48.2. The number of carboxylic acid groups (broad SMARTS) is 1. The van der Waals surface area contributed by atoms with Crippen molar-refractivity contribution in [3.63, 3.8) is 0 Å². The lowest BCUT2D eigenvalue weighted by Crippen LogP contribution is -2.46. The molecule has 0 saturated carbocycles. The van der Waals surface area contributed by atoms with Crippen LogP contribution in [0.15, 0.2) is 85.5 Å². The Morgan fingerprint density at radius 1 is 0.422 bits per heavy atom. The Kier molecular flexibility index (Phi) is 30.2. The molecule has 8 rings (SSSR count). The zero-order valence-corrected chi connectivity index (χ0v) is 48.2. The largest absolute Gasteiger partial charge is 0.496 e. The highest BCUT2D eigenvalue weighted by molar-refractivity contribution is 5.89. The van der Waals surface area contributed by atoms with Gasteiger partial charge in [0.05, 0.1) is 85.3 Å². The smallest absolute Gasteiger partial charge is 0.339 e. The second-order valence-electron chi connectivity index (χ2n) is 19.9. The van der Waals surface area contributed by atoms with Crippen LogP contribution in [0.1, 0.15) is 70.8 Å². The van der Waals surface area contributed by atoms with E-state index in [1.807, 2.05) is 36.4 Å². The summed E-state index contributed by atoms with van der Waals surface area (Å²) in [6.07, 6.45) is 5.97. The van der Waals surface area contributed by atoms with E-state index in [9.17, 15) is 40.2 Å².